The zero-order valence-corrected chi connectivity index (χ0v) is 11.2. The fourth-order valence-electron chi connectivity index (χ4n) is 1.83. The van der Waals surface area contributed by atoms with E-state index in [0.29, 0.717) is 5.75 Å². The van der Waals surface area contributed by atoms with E-state index in [4.69, 9.17) is 5.11 Å². The van der Waals surface area contributed by atoms with E-state index in [2.05, 4.69) is 12.1 Å². The zero-order chi connectivity index (χ0) is 13.0. The Morgan fingerprint density at radius 1 is 1.29 bits per heavy atom. The van der Waals surface area contributed by atoms with Gasteiger partial charge in [0.2, 0.25) is 0 Å². The van der Waals surface area contributed by atoms with Gasteiger partial charge >= 0.3 is 5.97 Å². The van der Waals surface area contributed by atoms with Crippen molar-refractivity contribution in [3.63, 3.8) is 0 Å². The van der Waals surface area contributed by atoms with E-state index in [0.717, 1.165) is 4.90 Å². The van der Waals surface area contributed by atoms with Crippen LogP contribution in [0.15, 0.2) is 17.0 Å². The van der Waals surface area contributed by atoms with Gasteiger partial charge in [0.05, 0.1) is 12.5 Å². The van der Waals surface area contributed by atoms with Crippen molar-refractivity contribution < 1.29 is 15.0 Å². The number of aliphatic carboxylic acids is 1. The van der Waals surface area contributed by atoms with Crippen LogP contribution >= 0.6 is 11.8 Å². The topological polar surface area (TPSA) is 57.5 Å². The van der Waals surface area contributed by atoms with E-state index in [-0.39, 0.29) is 6.42 Å². The van der Waals surface area contributed by atoms with E-state index in [1.54, 1.807) is 0 Å². The molecule has 4 heteroatoms. The first-order valence-electron chi connectivity index (χ1n) is 5.50. The Morgan fingerprint density at radius 3 is 2.29 bits per heavy atom. The predicted octanol–water partition coefficient (Wildman–Crippen LogP) is 2.54. The van der Waals surface area contributed by atoms with Crippen molar-refractivity contribution in [1.29, 1.82) is 0 Å². The first-order chi connectivity index (χ1) is 7.90. The number of carboxylic acid groups (broad SMARTS) is 1. The zero-order valence-electron chi connectivity index (χ0n) is 10.4. The number of hydrogen-bond donors (Lipinski definition) is 2. The molecule has 2 N–H and O–H groups in total. The minimum Gasteiger partial charge on any atom is -0.481 e. The molecule has 0 fully saturated rings. The number of hydrogen-bond acceptors (Lipinski definition) is 3. The van der Waals surface area contributed by atoms with Gasteiger partial charge in [-0.2, -0.15) is 0 Å². The number of rotatable bonds is 5. The van der Waals surface area contributed by atoms with Crippen molar-refractivity contribution in [2.45, 2.75) is 38.2 Å². The quantitative estimate of drug-likeness (QED) is 0.793. The normalized spacial score (nSPS) is 12.5. The highest BCUT2D eigenvalue weighted by Gasteiger charge is 2.12. The van der Waals surface area contributed by atoms with Crippen molar-refractivity contribution in [2.24, 2.45) is 0 Å². The van der Waals surface area contributed by atoms with Gasteiger partial charge in [0.1, 0.15) is 0 Å². The van der Waals surface area contributed by atoms with Crippen molar-refractivity contribution in [2.75, 3.05) is 5.75 Å². The summed E-state index contributed by atoms with van der Waals surface area (Å²) in [6, 6.07) is 4.19. The fourth-order valence-corrected chi connectivity index (χ4v) is 2.88. The monoisotopic (exact) mass is 254 g/mol. The lowest BCUT2D eigenvalue weighted by molar-refractivity contribution is -0.138. The van der Waals surface area contributed by atoms with Crippen LogP contribution in [-0.2, 0) is 4.79 Å². The van der Waals surface area contributed by atoms with Gasteiger partial charge in [-0.15, -0.1) is 11.8 Å². The predicted molar refractivity (Wildman–Crippen MR) is 69.6 cm³/mol. The van der Waals surface area contributed by atoms with E-state index < -0.39 is 12.1 Å². The summed E-state index contributed by atoms with van der Waals surface area (Å²) in [7, 11) is 0. The largest absolute Gasteiger partial charge is 0.481 e. The van der Waals surface area contributed by atoms with Crippen molar-refractivity contribution in [3.8, 4) is 0 Å². The summed E-state index contributed by atoms with van der Waals surface area (Å²) in [5, 5.41) is 18.1. The molecule has 0 radical (unpaired) electrons. The van der Waals surface area contributed by atoms with Crippen molar-refractivity contribution >= 4 is 17.7 Å². The molecule has 1 atom stereocenters. The summed E-state index contributed by atoms with van der Waals surface area (Å²) in [6.45, 7) is 6.12. The number of carboxylic acids is 1. The molecule has 0 aliphatic carbocycles. The molecule has 0 saturated heterocycles. The van der Waals surface area contributed by atoms with Gasteiger partial charge < -0.3 is 10.2 Å². The summed E-state index contributed by atoms with van der Waals surface area (Å²) < 4.78 is 0. The lowest BCUT2D eigenvalue weighted by Gasteiger charge is -2.12. The first-order valence-corrected chi connectivity index (χ1v) is 6.49. The van der Waals surface area contributed by atoms with Crippen LogP contribution in [0.4, 0.5) is 0 Å². The maximum Gasteiger partial charge on any atom is 0.306 e. The average Bonchev–Trinajstić information content (AvgIpc) is 2.14. The Bertz CT molecular complexity index is 392. The molecule has 1 rings (SSSR count). The van der Waals surface area contributed by atoms with E-state index >= 15 is 0 Å². The number of carbonyl (C=O) groups is 1. The summed E-state index contributed by atoms with van der Waals surface area (Å²) in [6.07, 6.45) is -0.991. The highest BCUT2D eigenvalue weighted by Crippen LogP contribution is 2.28. The lowest BCUT2D eigenvalue weighted by Crippen LogP contribution is -2.15. The maximum absolute atomic E-state index is 10.4. The number of aliphatic hydroxyl groups is 1. The molecular formula is C13H18O3S. The maximum atomic E-state index is 10.4. The molecule has 0 aromatic heterocycles. The van der Waals surface area contributed by atoms with Crippen LogP contribution in [0.25, 0.3) is 0 Å². The van der Waals surface area contributed by atoms with Crippen LogP contribution in [-0.4, -0.2) is 28.0 Å². The molecular weight excluding hydrogens is 236 g/mol. The van der Waals surface area contributed by atoms with Crippen LogP contribution < -0.4 is 0 Å². The molecule has 0 spiro atoms. The minimum absolute atomic E-state index is 0.197. The summed E-state index contributed by atoms with van der Waals surface area (Å²) in [5.74, 6) is -0.549. The molecule has 3 nitrogen and oxygen atoms in total. The summed E-state index contributed by atoms with van der Waals surface area (Å²) in [5.41, 5.74) is 3.57. The van der Waals surface area contributed by atoms with Crippen molar-refractivity contribution in [3.05, 3.63) is 28.8 Å². The lowest BCUT2D eigenvalue weighted by atomic mass is 10.1. The molecule has 1 aromatic carbocycles. The number of thioether (sulfide) groups is 1. The molecule has 1 unspecified atom stereocenters. The molecule has 0 aliphatic rings. The van der Waals surface area contributed by atoms with Gasteiger partial charge in [-0.05, 0) is 31.9 Å². The minimum atomic E-state index is -0.963. The molecule has 0 amide bonds. The average molecular weight is 254 g/mol. The summed E-state index contributed by atoms with van der Waals surface area (Å²) in [4.78, 5) is 11.6. The highest BCUT2D eigenvalue weighted by atomic mass is 32.2. The molecule has 0 aliphatic heterocycles. The Balaban J connectivity index is 2.66. The standard InChI is InChI=1S/C13H18O3S/c1-8-4-9(2)13(10(3)5-8)17-7-11(14)6-12(15)16/h4-5,11,14H,6-7H2,1-3H3,(H,15,16). The van der Waals surface area contributed by atoms with Gasteiger partial charge in [-0.3, -0.25) is 4.79 Å². The van der Waals surface area contributed by atoms with Crippen LogP contribution in [0.5, 0.6) is 0 Å². The van der Waals surface area contributed by atoms with Crippen LogP contribution in [0.3, 0.4) is 0 Å². The molecule has 1 aromatic rings. The molecule has 0 bridgehead atoms. The molecule has 0 heterocycles. The molecule has 94 valence electrons. The third-order valence-corrected chi connectivity index (χ3v) is 3.92. The van der Waals surface area contributed by atoms with Gasteiger partial charge in [-0.25, -0.2) is 0 Å². The van der Waals surface area contributed by atoms with Gasteiger partial charge in [0.15, 0.2) is 0 Å². The Kier molecular flexibility index (Phi) is 5.02. The van der Waals surface area contributed by atoms with E-state index in [1.807, 2.05) is 20.8 Å². The van der Waals surface area contributed by atoms with Gasteiger partial charge in [-0.1, -0.05) is 17.7 Å². The smallest absolute Gasteiger partial charge is 0.306 e. The molecule has 17 heavy (non-hydrogen) atoms. The molecule has 0 saturated carbocycles. The second-order valence-corrected chi connectivity index (χ2v) is 5.32. The van der Waals surface area contributed by atoms with Gasteiger partial charge in [0.25, 0.3) is 0 Å². The number of aryl methyl sites for hydroxylation is 3. The van der Waals surface area contributed by atoms with Crippen LogP contribution in [0.2, 0.25) is 0 Å². The van der Waals surface area contributed by atoms with Crippen LogP contribution in [0.1, 0.15) is 23.1 Å². The SMILES string of the molecule is Cc1cc(C)c(SCC(O)CC(=O)O)c(C)c1. The number of benzene rings is 1. The second-order valence-electron chi connectivity index (χ2n) is 4.29. The van der Waals surface area contributed by atoms with E-state index in [9.17, 15) is 9.90 Å². The third-order valence-electron chi connectivity index (χ3n) is 2.43. The van der Waals surface area contributed by atoms with Crippen LogP contribution in [0, 0.1) is 20.8 Å². The Morgan fingerprint density at radius 2 is 1.82 bits per heavy atom. The Hall–Kier alpha value is -1.00. The third kappa shape index (κ3) is 4.40. The first kappa shape index (κ1) is 14.1. The van der Waals surface area contributed by atoms with Crippen molar-refractivity contribution in [1.82, 2.24) is 0 Å². The Labute approximate surface area is 106 Å². The second kappa shape index (κ2) is 6.07. The van der Waals surface area contributed by atoms with Gasteiger partial charge in [0, 0.05) is 10.6 Å². The number of aliphatic hydroxyl groups excluding tert-OH is 1. The highest BCUT2D eigenvalue weighted by molar-refractivity contribution is 7.99. The van der Waals surface area contributed by atoms with E-state index in [1.165, 1.54) is 28.5 Å². The fraction of sp³-hybridized carbons (Fsp3) is 0.462. The summed E-state index contributed by atoms with van der Waals surface area (Å²) >= 11 is 1.52.